The van der Waals surface area contributed by atoms with E-state index in [0.717, 1.165) is 128 Å². The Morgan fingerprint density at radius 3 is 1.15 bits per heavy atom. The van der Waals surface area contributed by atoms with E-state index in [-0.39, 0.29) is 0 Å². The molecule has 0 fully saturated rings. The summed E-state index contributed by atoms with van der Waals surface area (Å²) in [5.41, 5.74) is 10.7. The molecule has 0 saturated heterocycles. The van der Waals surface area contributed by atoms with Crippen molar-refractivity contribution < 1.29 is 17.7 Å². The van der Waals surface area contributed by atoms with Gasteiger partial charge in [0.15, 0.2) is 0 Å². The van der Waals surface area contributed by atoms with Crippen molar-refractivity contribution in [2.45, 2.75) is 0 Å². The summed E-state index contributed by atoms with van der Waals surface area (Å²) < 4.78 is 31.2. The summed E-state index contributed by atoms with van der Waals surface area (Å²) in [7, 11) is 0. The van der Waals surface area contributed by atoms with Crippen molar-refractivity contribution in [3.63, 3.8) is 0 Å². The summed E-state index contributed by atoms with van der Waals surface area (Å²) in [4.78, 5) is 10.8. The van der Waals surface area contributed by atoms with E-state index in [4.69, 9.17) is 27.6 Å². The molecule has 6 nitrogen and oxygen atoms in total. The van der Waals surface area contributed by atoms with Crippen molar-refractivity contribution in [1.82, 2.24) is 9.97 Å². The van der Waals surface area contributed by atoms with E-state index in [2.05, 4.69) is 170 Å². The first kappa shape index (κ1) is 36.3. The van der Waals surface area contributed by atoms with Crippen LogP contribution in [0.15, 0.2) is 224 Å². The third kappa shape index (κ3) is 5.23. The van der Waals surface area contributed by atoms with Crippen molar-refractivity contribution in [3.8, 4) is 22.3 Å². The molecule has 6 aromatic heterocycles. The average Bonchev–Trinajstić information content (AvgIpc) is 4.15. The molecule has 14 aromatic rings. The Labute approximate surface area is 373 Å². The van der Waals surface area contributed by atoms with E-state index in [9.17, 15) is 0 Å². The second-order valence-corrected chi connectivity index (χ2v) is 24.3. The summed E-state index contributed by atoms with van der Waals surface area (Å²) in [5.74, 6) is 0. The second kappa shape index (κ2) is 13.9. The van der Waals surface area contributed by atoms with Gasteiger partial charge < -0.3 is 0 Å². The first-order valence-corrected chi connectivity index (χ1v) is 26.0. The second-order valence-electron chi connectivity index (χ2n) is 16.7. The van der Waals surface area contributed by atoms with Crippen molar-refractivity contribution in [2.75, 3.05) is 0 Å². The number of hydrogen-bond donors (Lipinski definition) is 0. The van der Waals surface area contributed by atoms with Crippen molar-refractivity contribution in [3.05, 3.63) is 207 Å². The minimum absolute atomic E-state index is 0.755. The normalized spacial score (nSPS) is 12.3. The van der Waals surface area contributed by atoms with Gasteiger partial charge in [-0.05, 0) is 0 Å². The van der Waals surface area contributed by atoms with Gasteiger partial charge in [0.2, 0.25) is 0 Å². The fourth-order valence-electron chi connectivity index (χ4n) is 10.4. The van der Waals surface area contributed by atoms with E-state index in [0.29, 0.717) is 0 Å². The Bertz CT molecular complexity index is 3930. The standard InChI is InChI=1S/C58H34GeN2O4/c1-3-13-37(14-4-1)59(38-15-5-2-6-16-38,57-55-45(29-31-60-57)47-33-35(25-27-51(47)64-55)39-19-11-21-43-41-17-7-9-23-49(41)62-53(39)43)58-56-46(30-32-61-58)48-34-36(26-28-52(48)65-56)40-20-12-22-44-42-18-8-10-24-50(42)63-54(40)44/h1-34H. The molecular weight excluding hydrogens is 861 g/mol. The van der Waals surface area contributed by atoms with Gasteiger partial charge in [0, 0.05) is 0 Å². The first-order chi connectivity index (χ1) is 32.2. The maximum absolute atomic E-state index is 7.07. The molecule has 6 heterocycles. The number of nitrogens with zero attached hydrogens (tertiary/aromatic N) is 2. The molecule has 0 amide bonds. The molecular formula is C58H34GeN2O4. The topological polar surface area (TPSA) is 78.3 Å². The molecule has 8 aromatic carbocycles. The van der Waals surface area contributed by atoms with Crippen LogP contribution in [0, 0.1) is 0 Å². The molecule has 0 aliphatic rings. The number of fused-ring (bicyclic) bond motifs is 12. The molecule has 65 heavy (non-hydrogen) atoms. The zero-order chi connectivity index (χ0) is 42.6. The zero-order valence-electron chi connectivity index (χ0n) is 34.7. The van der Waals surface area contributed by atoms with Crippen molar-refractivity contribution in [1.29, 1.82) is 0 Å². The number of hydrogen-bond acceptors (Lipinski definition) is 6. The molecule has 0 aliphatic carbocycles. The van der Waals surface area contributed by atoms with Gasteiger partial charge >= 0.3 is 375 Å². The molecule has 7 heteroatoms. The van der Waals surface area contributed by atoms with Crippen LogP contribution in [-0.4, -0.2) is 23.2 Å². The van der Waals surface area contributed by atoms with Crippen LogP contribution in [0.3, 0.4) is 0 Å². The van der Waals surface area contributed by atoms with Gasteiger partial charge in [-0.25, -0.2) is 0 Å². The van der Waals surface area contributed by atoms with E-state index in [1.807, 2.05) is 36.7 Å². The van der Waals surface area contributed by atoms with Gasteiger partial charge in [-0.2, -0.15) is 0 Å². The average molecular weight is 896 g/mol. The van der Waals surface area contributed by atoms with Crippen LogP contribution < -0.4 is 17.8 Å². The van der Waals surface area contributed by atoms with Gasteiger partial charge in [0.05, 0.1) is 0 Å². The fourth-order valence-corrected chi connectivity index (χ4v) is 20.1. The summed E-state index contributed by atoms with van der Waals surface area (Å²) in [5, 5.41) is 8.40. The van der Waals surface area contributed by atoms with Gasteiger partial charge in [-0.1, -0.05) is 0 Å². The monoisotopic (exact) mass is 896 g/mol. The van der Waals surface area contributed by atoms with E-state index in [1.54, 1.807) is 0 Å². The van der Waals surface area contributed by atoms with Gasteiger partial charge in [0.25, 0.3) is 0 Å². The number of para-hydroxylation sites is 4. The number of benzene rings is 8. The summed E-state index contributed by atoms with van der Waals surface area (Å²) in [6.07, 6.45) is 3.88. The molecule has 0 bridgehead atoms. The quantitative estimate of drug-likeness (QED) is 0.155. The van der Waals surface area contributed by atoms with Gasteiger partial charge in [-0.3, -0.25) is 0 Å². The predicted octanol–water partition coefficient (Wildman–Crippen LogP) is 12.8. The Hall–Kier alpha value is -8.20. The van der Waals surface area contributed by atoms with E-state index in [1.165, 1.54) is 0 Å². The zero-order valence-corrected chi connectivity index (χ0v) is 36.8. The van der Waals surface area contributed by atoms with Crippen LogP contribution in [0.2, 0.25) is 0 Å². The summed E-state index contributed by atoms with van der Waals surface area (Å²) in [6.45, 7) is 0. The molecule has 0 aliphatic heterocycles. The summed E-state index contributed by atoms with van der Waals surface area (Å²) in [6, 6.07) is 67.7. The van der Waals surface area contributed by atoms with Crippen LogP contribution >= 0.6 is 0 Å². The van der Waals surface area contributed by atoms with Gasteiger partial charge in [-0.15, -0.1) is 0 Å². The van der Waals surface area contributed by atoms with Gasteiger partial charge in [0.1, 0.15) is 0 Å². The van der Waals surface area contributed by atoms with E-state index >= 15 is 0 Å². The molecule has 0 spiro atoms. The molecule has 304 valence electrons. The molecule has 14 rings (SSSR count). The molecule has 0 unspecified atom stereocenters. The van der Waals surface area contributed by atoms with Crippen molar-refractivity contribution in [2.24, 2.45) is 0 Å². The first-order valence-electron chi connectivity index (χ1n) is 21.8. The fraction of sp³-hybridized carbons (Fsp3) is 0. The molecule has 0 atom stereocenters. The number of furan rings is 4. The summed E-state index contributed by atoms with van der Waals surface area (Å²) >= 11 is -4.29. The van der Waals surface area contributed by atoms with Crippen LogP contribution in [0.4, 0.5) is 0 Å². The third-order valence-corrected chi connectivity index (χ3v) is 22.8. The third-order valence-electron chi connectivity index (χ3n) is 13.3. The van der Waals surface area contributed by atoms with Crippen LogP contribution in [0.25, 0.3) is 110 Å². The molecule has 0 radical (unpaired) electrons. The maximum atomic E-state index is 7.07. The Kier molecular flexibility index (Phi) is 7.76. The van der Waals surface area contributed by atoms with Crippen LogP contribution in [0.5, 0.6) is 0 Å². The Morgan fingerprint density at radius 2 is 0.677 bits per heavy atom. The SMILES string of the molecule is c1cc[c]([Ge]([c]2ccccc2)([c]2nccc3c2oc2ccc(-c4cccc5c4oc4ccccc45)cc23)[c]2nccc3c2oc2ccc(-c4cccc5c4oc4ccccc45)cc23)cc1. The number of pyridine rings is 2. The Balaban J connectivity index is 1.02. The number of rotatable bonds is 6. The molecule has 0 N–H and O–H groups in total. The Morgan fingerprint density at radius 1 is 0.292 bits per heavy atom. The van der Waals surface area contributed by atoms with Crippen molar-refractivity contribution >= 4 is 119 Å². The molecule has 0 saturated carbocycles. The van der Waals surface area contributed by atoms with E-state index < -0.39 is 13.3 Å². The van der Waals surface area contributed by atoms with Crippen LogP contribution in [-0.2, 0) is 0 Å². The van der Waals surface area contributed by atoms with Crippen LogP contribution in [0.1, 0.15) is 0 Å². The number of aromatic nitrogens is 2. The minimum atomic E-state index is -4.29. The predicted molar refractivity (Wildman–Crippen MR) is 266 cm³/mol.